The zero-order valence-corrected chi connectivity index (χ0v) is 13.5. The van der Waals surface area contributed by atoms with Gasteiger partial charge in [0, 0.05) is 26.1 Å². The molecule has 0 spiro atoms. The maximum atomic E-state index is 10.8. The summed E-state index contributed by atoms with van der Waals surface area (Å²) in [7, 11) is 0. The number of rotatable bonds is 10. The van der Waals surface area contributed by atoms with Crippen molar-refractivity contribution in [2.24, 2.45) is 11.8 Å². The van der Waals surface area contributed by atoms with E-state index >= 15 is 0 Å². The van der Waals surface area contributed by atoms with Crippen molar-refractivity contribution in [1.82, 2.24) is 4.90 Å². The van der Waals surface area contributed by atoms with Gasteiger partial charge in [0.15, 0.2) is 0 Å². The Kier molecular flexibility index (Phi) is 8.88. The molecule has 0 aromatic rings. The number of carbonyl (C=O) groups is 1. The van der Waals surface area contributed by atoms with Crippen LogP contribution < -0.4 is 0 Å². The molecular formula is C16H31NO4. The second kappa shape index (κ2) is 10.1. The van der Waals surface area contributed by atoms with Crippen molar-refractivity contribution in [3.05, 3.63) is 0 Å². The van der Waals surface area contributed by atoms with Gasteiger partial charge in [-0.05, 0) is 37.6 Å². The number of hydrogen-bond acceptors (Lipinski definition) is 4. The molecule has 3 unspecified atom stereocenters. The molecule has 21 heavy (non-hydrogen) atoms. The maximum absolute atomic E-state index is 10.8. The summed E-state index contributed by atoms with van der Waals surface area (Å²) < 4.78 is 5.45. The van der Waals surface area contributed by atoms with Crippen molar-refractivity contribution >= 4 is 5.97 Å². The van der Waals surface area contributed by atoms with E-state index in [0.29, 0.717) is 25.7 Å². The molecule has 1 aliphatic heterocycles. The third-order valence-electron chi connectivity index (χ3n) is 4.26. The summed E-state index contributed by atoms with van der Waals surface area (Å²) in [6.45, 7) is 7.75. The molecule has 124 valence electrons. The zero-order chi connectivity index (χ0) is 15.7. The number of aliphatic hydroxyl groups excluding tert-OH is 1. The van der Waals surface area contributed by atoms with Crippen molar-refractivity contribution in [2.45, 2.75) is 52.1 Å². The third kappa shape index (κ3) is 7.79. The number of carboxylic acids is 1. The van der Waals surface area contributed by atoms with Gasteiger partial charge in [-0.25, -0.2) is 0 Å². The number of aliphatic hydroxyl groups is 1. The highest BCUT2D eigenvalue weighted by molar-refractivity contribution is 5.66. The number of carboxylic acid groups (broad SMARTS) is 1. The predicted molar refractivity (Wildman–Crippen MR) is 82.3 cm³/mol. The van der Waals surface area contributed by atoms with Crippen LogP contribution in [-0.4, -0.2) is 60.0 Å². The highest BCUT2D eigenvalue weighted by atomic mass is 16.5. The molecule has 5 heteroatoms. The maximum Gasteiger partial charge on any atom is 0.303 e. The van der Waals surface area contributed by atoms with Crippen LogP contribution in [0.15, 0.2) is 0 Å². The summed E-state index contributed by atoms with van der Waals surface area (Å²) in [4.78, 5) is 13.1. The molecule has 1 heterocycles. The first-order valence-electron chi connectivity index (χ1n) is 8.22. The van der Waals surface area contributed by atoms with Crippen molar-refractivity contribution in [2.75, 3.05) is 32.8 Å². The SMILES string of the molecule is CCCCOCC(O)CN1CCCC(C(C)CC(=O)O)C1. The van der Waals surface area contributed by atoms with Crippen LogP contribution in [0.4, 0.5) is 0 Å². The van der Waals surface area contributed by atoms with Crippen LogP contribution in [0.2, 0.25) is 0 Å². The number of piperidine rings is 1. The smallest absolute Gasteiger partial charge is 0.303 e. The number of aliphatic carboxylic acids is 1. The van der Waals surface area contributed by atoms with Crippen LogP contribution in [0.5, 0.6) is 0 Å². The van der Waals surface area contributed by atoms with Gasteiger partial charge in [-0.1, -0.05) is 20.3 Å². The first kappa shape index (κ1) is 18.4. The van der Waals surface area contributed by atoms with Gasteiger partial charge < -0.3 is 19.8 Å². The minimum atomic E-state index is -0.719. The van der Waals surface area contributed by atoms with Gasteiger partial charge >= 0.3 is 5.97 Å². The van der Waals surface area contributed by atoms with E-state index in [2.05, 4.69) is 11.8 Å². The van der Waals surface area contributed by atoms with E-state index in [1.807, 2.05) is 6.92 Å². The van der Waals surface area contributed by atoms with Crippen molar-refractivity contribution in [3.63, 3.8) is 0 Å². The average molecular weight is 301 g/mol. The number of nitrogens with zero attached hydrogens (tertiary/aromatic N) is 1. The topological polar surface area (TPSA) is 70.0 Å². The summed E-state index contributed by atoms with van der Waals surface area (Å²) >= 11 is 0. The Labute approximate surface area is 128 Å². The van der Waals surface area contributed by atoms with Crippen LogP contribution in [0.1, 0.15) is 46.0 Å². The summed E-state index contributed by atoms with van der Waals surface area (Å²) in [5.41, 5.74) is 0. The Morgan fingerprint density at radius 2 is 2.24 bits per heavy atom. The van der Waals surface area contributed by atoms with Crippen molar-refractivity contribution in [1.29, 1.82) is 0 Å². The first-order valence-corrected chi connectivity index (χ1v) is 8.22. The van der Waals surface area contributed by atoms with Crippen molar-refractivity contribution < 1.29 is 19.7 Å². The predicted octanol–water partition coefficient (Wildman–Crippen LogP) is 1.99. The molecule has 0 amide bonds. The van der Waals surface area contributed by atoms with E-state index in [9.17, 15) is 9.90 Å². The summed E-state index contributed by atoms with van der Waals surface area (Å²) in [5, 5.41) is 18.9. The standard InChI is InChI=1S/C16H31NO4/c1-3-4-8-21-12-15(18)11-17-7-5-6-14(10-17)13(2)9-16(19)20/h13-15,18H,3-12H2,1-2H3,(H,19,20). The van der Waals surface area contributed by atoms with Gasteiger partial charge in [0.05, 0.1) is 12.7 Å². The Morgan fingerprint density at radius 3 is 2.90 bits per heavy atom. The fourth-order valence-corrected chi connectivity index (χ4v) is 2.98. The summed E-state index contributed by atoms with van der Waals surface area (Å²) in [6.07, 6.45) is 4.10. The van der Waals surface area contributed by atoms with Crippen LogP contribution in [0.25, 0.3) is 0 Å². The molecule has 0 saturated carbocycles. The Bertz CT molecular complexity index is 298. The number of ether oxygens (including phenoxy) is 1. The van der Waals surface area contributed by atoms with E-state index in [1.54, 1.807) is 0 Å². The Hall–Kier alpha value is -0.650. The van der Waals surface area contributed by atoms with Gasteiger partial charge in [-0.3, -0.25) is 4.79 Å². The molecule has 0 bridgehead atoms. The second-order valence-corrected chi connectivity index (χ2v) is 6.32. The van der Waals surface area contributed by atoms with E-state index in [0.717, 1.165) is 38.8 Å². The molecule has 1 aliphatic rings. The average Bonchev–Trinajstić information content (AvgIpc) is 2.43. The minimum Gasteiger partial charge on any atom is -0.481 e. The third-order valence-corrected chi connectivity index (χ3v) is 4.26. The van der Waals surface area contributed by atoms with Crippen LogP contribution in [0.3, 0.4) is 0 Å². The van der Waals surface area contributed by atoms with Gasteiger partial charge in [-0.2, -0.15) is 0 Å². The number of β-amino-alcohol motifs (C(OH)–C–C–N with tert-alkyl or cyclic N) is 1. The van der Waals surface area contributed by atoms with Crippen LogP contribution >= 0.6 is 0 Å². The Morgan fingerprint density at radius 1 is 1.48 bits per heavy atom. The van der Waals surface area contributed by atoms with E-state index in [-0.39, 0.29) is 12.3 Å². The summed E-state index contributed by atoms with van der Waals surface area (Å²) in [5.74, 6) is -0.102. The van der Waals surface area contributed by atoms with Gasteiger partial charge in [0.2, 0.25) is 0 Å². The molecular weight excluding hydrogens is 270 g/mol. The second-order valence-electron chi connectivity index (χ2n) is 6.32. The van der Waals surface area contributed by atoms with Gasteiger partial charge in [0.1, 0.15) is 0 Å². The molecule has 3 atom stereocenters. The Balaban J connectivity index is 2.26. The molecule has 1 fully saturated rings. The van der Waals surface area contributed by atoms with E-state index in [4.69, 9.17) is 9.84 Å². The highest BCUT2D eigenvalue weighted by Crippen LogP contribution is 2.26. The van der Waals surface area contributed by atoms with Gasteiger partial charge in [-0.15, -0.1) is 0 Å². The fraction of sp³-hybridized carbons (Fsp3) is 0.938. The first-order chi connectivity index (χ1) is 10.0. The van der Waals surface area contributed by atoms with Crippen LogP contribution in [-0.2, 0) is 9.53 Å². The molecule has 0 aromatic carbocycles. The lowest BCUT2D eigenvalue weighted by molar-refractivity contribution is -0.138. The van der Waals surface area contributed by atoms with E-state index in [1.165, 1.54) is 0 Å². The zero-order valence-electron chi connectivity index (χ0n) is 13.5. The number of hydrogen-bond donors (Lipinski definition) is 2. The quantitative estimate of drug-likeness (QED) is 0.604. The van der Waals surface area contributed by atoms with Crippen molar-refractivity contribution in [3.8, 4) is 0 Å². The lowest BCUT2D eigenvalue weighted by Crippen LogP contribution is -2.43. The van der Waals surface area contributed by atoms with Crippen LogP contribution in [0, 0.1) is 11.8 Å². The molecule has 0 radical (unpaired) electrons. The van der Waals surface area contributed by atoms with E-state index < -0.39 is 12.1 Å². The molecule has 0 aliphatic carbocycles. The molecule has 1 rings (SSSR count). The summed E-state index contributed by atoms with van der Waals surface area (Å²) in [6, 6.07) is 0. The van der Waals surface area contributed by atoms with Gasteiger partial charge in [0.25, 0.3) is 0 Å². The monoisotopic (exact) mass is 301 g/mol. The molecule has 2 N–H and O–H groups in total. The number of likely N-dealkylation sites (tertiary alicyclic amines) is 1. The number of unbranched alkanes of at least 4 members (excludes halogenated alkanes) is 1. The molecule has 1 saturated heterocycles. The lowest BCUT2D eigenvalue weighted by Gasteiger charge is -2.36. The normalized spacial score (nSPS) is 22.9. The molecule has 0 aromatic heterocycles. The fourth-order valence-electron chi connectivity index (χ4n) is 2.98. The largest absolute Gasteiger partial charge is 0.481 e. The minimum absolute atomic E-state index is 0.197. The lowest BCUT2D eigenvalue weighted by atomic mass is 9.84. The highest BCUT2D eigenvalue weighted by Gasteiger charge is 2.26. The molecule has 5 nitrogen and oxygen atoms in total.